The number of carbonyl (C=O) groups is 1. The van der Waals surface area contributed by atoms with Crippen LogP contribution in [0, 0.1) is 12.7 Å². The molecule has 35 heavy (non-hydrogen) atoms. The average molecular weight is 514 g/mol. The third-order valence-corrected chi connectivity index (χ3v) is 7.48. The molecule has 12 heteroatoms. The van der Waals surface area contributed by atoms with E-state index in [1.54, 1.807) is 25.3 Å². The maximum atomic E-state index is 14.5. The highest BCUT2D eigenvalue weighted by Gasteiger charge is 2.31. The number of aromatic carboxylic acids is 1. The fraction of sp³-hybridized carbons (Fsp3) is 0.391. The van der Waals surface area contributed by atoms with Crippen molar-refractivity contribution in [1.29, 1.82) is 0 Å². The van der Waals surface area contributed by atoms with E-state index in [4.69, 9.17) is 0 Å². The number of ether oxygens (including phenoxy) is 1. The van der Waals surface area contributed by atoms with E-state index in [9.17, 15) is 31.5 Å². The second-order valence-corrected chi connectivity index (χ2v) is 11.7. The molecule has 1 aromatic carbocycles. The Labute approximate surface area is 200 Å². The summed E-state index contributed by atoms with van der Waals surface area (Å²) >= 11 is 0. The van der Waals surface area contributed by atoms with Crippen LogP contribution in [0.5, 0.6) is 5.75 Å². The molecule has 2 aromatic heterocycles. The molecular formula is C23H26F3N3O5S. The molecule has 0 unspecified atom stereocenters. The molecular weight excluding hydrogens is 487 g/mol. The Morgan fingerprint density at radius 2 is 1.83 bits per heavy atom. The molecule has 0 amide bonds. The first kappa shape index (κ1) is 26.3. The molecule has 0 bridgehead atoms. The summed E-state index contributed by atoms with van der Waals surface area (Å²) in [5.41, 5.74) is 0.760. The van der Waals surface area contributed by atoms with Crippen molar-refractivity contribution in [2.45, 2.75) is 58.9 Å². The molecule has 2 heterocycles. The van der Waals surface area contributed by atoms with Crippen LogP contribution in [0.4, 0.5) is 19.0 Å². The zero-order chi connectivity index (χ0) is 26.5. The highest BCUT2D eigenvalue weighted by atomic mass is 32.2. The molecule has 0 aliphatic carbocycles. The Balaban J connectivity index is 2.29. The number of nitrogens with one attached hydrogen (secondary N) is 1. The van der Waals surface area contributed by atoms with E-state index < -0.39 is 38.9 Å². The van der Waals surface area contributed by atoms with Gasteiger partial charge in [0.2, 0.25) is 10.0 Å². The summed E-state index contributed by atoms with van der Waals surface area (Å²) in [7, 11) is -3.76. The van der Waals surface area contributed by atoms with Crippen molar-refractivity contribution >= 4 is 32.7 Å². The summed E-state index contributed by atoms with van der Waals surface area (Å²) < 4.78 is 72.2. The fourth-order valence-electron chi connectivity index (χ4n) is 3.67. The van der Waals surface area contributed by atoms with Crippen LogP contribution in [0.2, 0.25) is 0 Å². The second kappa shape index (κ2) is 9.06. The summed E-state index contributed by atoms with van der Waals surface area (Å²) in [6.45, 7) is 6.40. The third-order valence-electron chi connectivity index (χ3n) is 5.39. The average Bonchev–Trinajstić information content (AvgIpc) is 3.00. The number of hydrogen-bond donors (Lipinski definition) is 2. The van der Waals surface area contributed by atoms with Crippen LogP contribution >= 0.6 is 0 Å². The summed E-state index contributed by atoms with van der Waals surface area (Å²) in [4.78, 5) is 16.6. The maximum absolute atomic E-state index is 14.5. The van der Waals surface area contributed by atoms with Gasteiger partial charge < -0.3 is 14.4 Å². The van der Waals surface area contributed by atoms with E-state index in [1.165, 1.54) is 32.9 Å². The number of anilines is 1. The lowest BCUT2D eigenvalue weighted by molar-refractivity contribution is -0.0521. The van der Waals surface area contributed by atoms with E-state index in [2.05, 4.69) is 14.4 Å². The van der Waals surface area contributed by atoms with Crippen molar-refractivity contribution in [2.24, 2.45) is 0 Å². The van der Waals surface area contributed by atoms with Gasteiger partial charge in [-0.05, 0) is 59.7 Å². The number of sulfonamides is 1. The first-order valence-electron chi connectivity index (χ1n) is 10.6. The number of aryl methyl sites for hydroxylation is 1. The Kier molecular flexibility index (Phi) is 6.82. The van der Waals surface area contributed by atoms with Crippen molar-refractivity contribution < 1.29 is 36.2 Å². The summed E-state index contributed by atoms with van der Waals surface area (Å²) in [5.74, 6) is -3.15. The number of carboxylic acids is 1. The highest BCUT2D eigenvalue weighted by molar-refractivity contribution is 7.94. The van der Waals surface area contributed by atoms with Crippen LogP contribution in [-0.2, 0) is 10.0 Å². The van der Waals surface area contributed by atoms with Crippen molar-refractivity contribution in [3.05, 3.63) is 41.3 Å². The number of aromatic nitrogens is 2. The molecule has 0 aliphatic rings. The van der Waals surface area contributed by atoms with Crippen molar-refractivity contribution in [3.63, 3.8) is 0 Å². The van der Waals surface area contributed by atoms with Gasteiger partial charge in [0.05, 0.1) is 21.5 Å². The van der Waals surface area contributed by atoms with E-state index in [0.29, 0.717) is 11.3 Å². The SMILES string of the molecule is Cc1nc(NS(=O)(=O)C(C)(C)C)ccc1-c1c(C(=O)O)c2cc(F)c(OC(F)F)cc2n1C(C)C. The topological polar surface area (TPSA) is 111 Å². The standard InChI is InChI=1S/C23H26F3N3O5S/c1-11(2)29-16-10-17(34-22(25)26)15(24)9-14(16)19(21(30)31)20(29)13-7-8-18(27-12(13)3)28-35(32,33)23(4,5)6/h7-11,22H,1-6H3,(H,27,28)(H,30,31). The molecule has 190 valence electrons. The minimum atomic E-state index is -3.76. The quantitative estimate of drug-likeness (QED) is 0.427. The van der Waals surface area contributed by atoms with E-state index in [-0.39, 0.29) is 34.0 Å². The molecule has 3 rings (SSSR count). The Morgan fingerprint density at radius 1 is 1.20 bits per heavy atom. The van der Waals surface area contributed by atoms with Gasteiger partial charge >= 0.3 is 12.6 Å². The molecule has 0 saturated heterocycles. The van der Waals surface area contributed by atoms with Gasteiger partial charge in [0.15, 0.2) is 11.6 Å². The lowest BCUT2D eigenvalue weighted by atomic mass is 10.0. The summed E-state index contributed by atoms with van der Waals surface area (Å²) in [6.07, 6.45) is 0. The molecule has 0 aliphatic heterocycles. The number of halogens is 3. The van der Waals surface area contributed by atoms with Crippen LogP contribution < -0.4 is 9.46 Å². The van der Waals surface area contributed by atoms with Gasteiger partial charge in [0.1, 0.15) is 5.82 Å². The number of carboxylic acid groups (broad SMARTS) is 1. The second-order valence-electron chi connectivity index (χ2n) is 9.22. The van der Waals surface area contributed by atoms with Gasteiger partial charge in [-0.2, -0.15) is 8.78 Å². The van der Waals surface area contributed by atoms with Crippen molar-refractivity contribution in [1.82, 2.24) is 9.55 Å². The lowest BCUT2D eigenvalue weighted by Gasteiger charge is -2.21. The predicted molar refractivity (Wildman–Crippen MR) is 126 cm³/mol. The maximum Gasteiger partial charge on any atom is 0.387 e. The smallest absolute Gasteiger partial charge is 0.387 e. The van der Waals surface area contributed by atoms with Gasteiger partial charge in [0, 0.05) is 28.8 Å². The third kappa shape index (κ3) is 4.93. The molecule has 8 nitrogen and oxygen atoms in total. The number of alkyl halides is 2. The van der Waals surface area contributed by atoms with Gasteiger partial charge in [-0.25, -0.2) is 22.6 Å². The molecule has 0 fully saturated rings. The van der Waals surface area contributed by atoms with Crippen LogP contribution in [0.3, 0.4) is 0 Å². The predicted octanol–water partition coefficient (Wildman–Crippen LogP) is 5.57. The fourth-order valence-corrected chi connectivity index (χ4v) is 4.37. The molecule has 2 N–H and O–H groups in total. The van der Waals surface area contributed by atoms with E-state index in [1.807, 2.05) is 0 Å². The number of hydrogen-bond acceptors (Lipinski definition) is 5. The number of fused-ring (bicyclic) bond motifs is 1. The lowest BCUT2D eigenvalue weighted by Crippen LogP contribution is -2.34. The highest BCUT2D eigenvalue weighted by Crippen LogP contribution is 2.40. The van der Waals surface area contributed by atoms with E-state index >= 15 is 0 Å². The van der Waals surface area contributed by atoms with Crippen LogP contribution in [0.1, 0.15) is 56.7 Å². The summed E-state index contributed by atoms with van der Waals surface area (Å²) in [5, 5.41) is 10.0. The number of pyridine rings is 1. The Morgan fingerprint density at radius 3 is 2.31 bits per heavy atom. The van der Waals surface area contributed by atoms with Crippen molar-refractivity contribution in [3.8, 4) is 17.0 Å². The first-order valence-corrected chi connectivity index (χ1v) is 12.1. The van der Waals surface area contributed by atoms with Gasteiger partial charge in [-0.15, -0.1) is 0 Å². The number of benzene rings is 1. The molecule has 0 atom stereocenters. The zero-order valence-corrected chi connectivity index (χ0v) is 20.8. The van der Waals surface area contributed by atoms with E-state index in [0.717, 1.165) is 12.1 Å². The van der Waals surface area contributed by atoms with Gasteiger partial charge in [-0.3, -0.25) is 4.72 Å². The van der Waals surface area contributed by atoms with Crippen LogP contribution in [0.15, 0.2) is 24.3 Å². The van der Waals surface area contributed by atoms with Gasteiger partial charge in [-0.1, -0.05) is 0 Å². The molecule has 0 spiro atoms. The van der Waals surface area contributed by atoms with Crippen LogP contribution in [-0.4, -0.2) is 40.4 Å². The largest absolute Gasteiger partial charge is 0.478 e. The van der Waals surface area contributed by atoms with Gasteiger partial charge in [0.25, 0.3) is 0 Å². The first-order chi connectivity index (χ1) is 16.0. The monoisotopic (exact) mass is 513 g/mol. The minimum absolute atomic E-state index is 0.00257. The number of nitrogens with zero attached hydrogens (tertiary/aromatic N) is 2. The normalized spacial score (nSPS) is 12.5. The van der Waals surface area contributed by atoms with Crippen LogP contribution in [0.25, 0.3) is 22.2 Å². The molecule has 3 aromatic rings. The molecule has 0 radical (unpaired) electrons. The summed E-state index contributed by atoms with van der Waals surface area (Å²) in [6, 6.07) is 4.43. The Bertz CT molecular complexity index is 1410. The zero-order valence-electron chi connectivity index (χ0n) is 20.0. The molecule has 0 saturated carbocycles. The Hall–Kier alpha value is -3.28. The minimum Gasteiger partial charge on any atom is -0.478 e. The number of rotatable bonds is 7. The van der Waals surface area contributed by atoms with Crippen molar-refractivity contribution in [2.75, 3.05) is 4.72 Å².